The maximum absolute atomic E-state index is 12.1. The smallest absolute Gasteiger partial charge is 0.309 e. The van der Waals surface area contributed by atoms with Gasteiger partial charge in [0, 0.05) is 40.9 Å². The van der Waals surface area contributed by atoms with Crippen LogP contribution in [0.5, 0.6) is 0 Å². The van der Waals surface area contributed by atoms with E-state index in [0.29, 0.717) is 13.1 Å². The Morgan fingerprint density at radius 1 is 0.863 bits per heavy atom. The van der Waals surface area contributed by atoms with Crippen LogP contribution >= 0.6 is 0 Å². The van der Waals surface area contributed by atoms with Gasteiger partial charge in [-0.05, 0) is 60.2 Å². The summed E-state index contributed by atoms with van der Waals surface area (Å²) in [5.41, 5.74) is 11.1. The fourth-order valence-corrected chi connectivity index (χ4v) is 8.78. The van der Waals surface area contributed by atoms with Crippen LogP contribution in [-0.4, -0.2) is 45.5 Å². The third-order valence-corrected chi connectivity index (χ3v) is 11.0. The summed E-state index contributed by atoms with van der Waals surface area (Å²) in [5.74, 6) is -1.45. The average molecular weight is 678 g/mol. The first-order valence-corrected chi connectivity index (χ1v) is 17.9. The van der Waals surface area contributed by atoms with E-state index >= 15 is 0 Å². The zero-order valence-corrected chi connectivity index (χ0v) is 29.5. The van der Waals surface area contributed by atoms with Crippen molar-refractivity contribution in [2.45, 2.75) is 51.9 Å². The van der Waals surface area contributed by atoms with Crippen molar-refractivity contribution in [1.29, 1.82) is 0 Å². The number of aliphatic carboxylic acids is 2. The summed E-state index contributed by atoms with van der Waals surface area (Å²) < 4.78 is 2.29. The number of carboxylic acid groups (broad SMARTS) is 2. The van der Waals surface area contributed by atoms with Crippen molar-refractivity contribution in [3.8, 4) is 0 Å². The first kappa shape index (κ1) is 34.0. The van der Waals surface area contributed by atoms with Crippen molar-refractivity contribution >= 4 is 34.6 Å². The molecule has 0 saturated carbocycles. The largest absolute Gasteiger partial charge is 0.481 e. The van der Waals surface area contributed by atoms with E-state index < -0.39 is 17.4 Å². The van der Waals surface area contributed by atoms with Gasteiger partial charge >= 0.3 is 11.9 Å². The summed E-state index contributed by atoms with van der Waals surface area (Å²) >= 11 is 0. The Morgan fingerprint density at radius 3 is 2.33 bits per heavy atom. The molecule has 6 nitrogen and oxygen atoms in total. The van der Waals surface area contributed by atoms with Gasteiger partial charge in [0.05, 0.1) is 17.4 Å². The molecule has 6 heteroatoms. The molecule has 4 aliphatic rings. The fourth-order valence-electron chi connectivity index (χ4n) is 8.78. The molecule has 2 atom stereocenters. The Balaban J connectivity index is 1.32. The van der Waals surface area contributed by atoms with Gasteiger partial charge in [-0.3, -0.25) is 9.59 Å². The Kier molecular flexibility index (Phi) is 9.11. The van der Waals surface area contributed by atoms with Gasteiger partial charge in [0.1, 0.15) is 6.42 Å². The summed E-state index contributed by atoms with van der Waals surface area (Å²) in [6.07, 6.45) is 18.8. The molecular weight excluding hydrogens is 633 g/mol. The van der Waals surface area contributed by atoms with Crippen molar-refractivity contribution < 1.29 is 24.4 Å². The number of hydrogen-bond donors (Lipinski definition) is 2. The minimum Gasteiger partial charge on any atom is -0.481 e. The Bertz CT molecular complexity index is 2110. The van der Waals surface area contributed by atoms with E-state index in [2.05, 4.69) is 127 Å². The van der Waals surface area contributed by atoms with Crippen LogP contribution in [0.3, 0.4) is 0 Å². The second-order valence-electron chi connectivity index (χ2n) is 14.6. The molecule has 2 N–H and O–H groups in total. The van der Waals surface area contributed by atoms with E-state index in [4.69, 9.17) is 0 Å². The van der Waals surface area contributed by atoms with Gasteiger partial charge in [-0.15, -0.1) is 0 Å². The number of benzene rings is 3. The molecule has 258 valence electrons. The van der Waals surface area contributed by atoms with Crippen molar-refractivity contribution in [1.82, 2.24) is 0 Å². The quantitative estimate of drug-likeness (QED) is 0.157. The fraction of sp³-hybridized carbons (Fsp3) is 0.267. The summed E-state index contributed by atoms with van der Waals surface area (Å²) in [7, 11) is 0. The molecule has 0 amide bonds. The van der Waals surface area contributed by atoms with Gasteiger partial charge in [0.2, 0.25) is 5.70 Å². The van der Waals surface area contributed by atoms with Gasteiger partial charge < -0.3 is 15.1 Å². The topological polar surface area (TPSA) is 80.9 Å². The number of rotatable bonds is 11. The Hall–Kier alpha value is -5.49. The third kappa shape index (κ3) is 6.13. The lowest BCUT2D eigenvalue weighted by atomic mass is 9.63. The van der Waals surface area contributed by atoms with Gasteiger partial charge in [0.25, 0.3) is 0 Å². The maximum Gasteiger partial charge on any atom is 0.309 e. The minimum absolute atomic E-state index is 0.0225. The Labute approximate surface area is 300 Å². The first-order chi connectivity index (χ1) is 24.6. The summed E-state index contributed by atoms with van der Waals surface area (Å²) in [6.45, 7) is 7.47. The molecule has 51 heavy (non-hydrogen) atoms. The lowest BCUT2D eigenvalue weighted by Gasteiger charge is -2.35. The molecule has 2 unspecified atom stereocenters. The van der Waals surface area contributed by atoms with E-state index in [1.807, 2.05) is 30.4 Å². The molecule has 7 rings (SSSR count). The van der Waals surface area contributed by atoms with Gasteiger partial charge in [-0.2, -0.15) is 4.58 Å². The van der Waals surface area contributed by atoms with E-state index in [9.17, 15) is 19.8 Å². The number of allylic oxidation sites excluding steroid dienone is 11. The maximum atomic E-state index is 12.1. The zero-order chi connectivity index (χ0) is 35.8. The van der Waals surface area contributed by atoms with Gasteiger partial charge in [-0.25, -0.2) is 0 Å². The van der Waals surface area contributed by atoms with Crippen molar-refractivity contribution in [2.75, 3.05) is 18.0 Å². The summed E-state index contributed by atoms with van der Waals surface area (Å²) in [6, 6.07) is 27.4. The molecule has 2 heterocycles. The van der Waals surface area contributed by atoms with Crippen molar-refractivity contribution in [3.63, 3.8) is 0 Å². The average Bonchev–Trinajstić information content (AvgIpc) is 3.49. The number of para-hydroxylation sites is 1. The molecule has 2 aliphatic carbocycles. The second-order valence-corrected chi connectivity index (χ2v) is 14.6. The number of hydrogen-bond acceptors (Lipinski definition) is 3. The predicted molar refractivity (Wildman–Crippen MR) is 205 cm³/mol. The highest BCUT2D eigenvalue weighted by molar-refractivity contribution is 6.06. The van der Waals surface area contributed by atoms with Crippen LogP contribution < -0.4 is 4.90 Å². The molecule has 0 spiro atoms. The highest BCUT2D eigenvalue weighted by Crippen LogP contribution is 2.56. The number of anilines is 1. The lowest BCUT2D eigenvalue weighted by Crippen LogP contribution is -2.34. The zero-order valence-electron chi connectivity index (χ0n) is 29.5. The minimum atomic E-state index is -0.819. The SMILES string of the molecule is CC1(Cc2ccccc2)C2=C(c3ccccc3C3=CC=CCC32)[N+](CCC(=O)O)=C1/C=C/C=C/C=C1\N(CCC(=O)O)c2ccccc2C1(C)C. The van der Waals surface area contributed by atoms with E-state index in [1.54, 1.807) is 0 Å². The molecule has 0 aromatic heterocycles. The molecule has 3 aromatic rings. The summed E-state index contributed by atoms with van der Waals surface area (Å²) in [4.78, 5) is 25.8. The van der Waals surface area contributed by atoms with E-state index in [0.717, 1.165) is 41.2 Å². The molecule has 0 saturated heterocycles. The molecule has 2 aliphatic heterocycles. The first-order valence-electron chi connectivity index (χ1n) is 17.9. The number of fused-ring (bicyclic) bond motifs is 6. The number of carboxylic acids is 2. The summed E-state index contributed by atoms with van der Waals surface area (Å²) in [5, 5.41) is 19.4. The molecule has 3 aromatic carbocycles. The third-order valence-electron chi connectivity index (χ3n) is 11.0. The molecular formula is C45H45N2O4+. The van der Waals surface area contributed by atoms with E-state index in [-0.39, 0.29) is 24.2 Å². The van der Waals surface area contributed by atoms with Crippen LogP contribution in [-0.2, 0) is 21.4 Å². The standard InChI is InChI=1S/C45H44N2O4/c1-44(2)36-22-14-15-23-37(36)46(28-26-40(48)49)38(44)24-8-5-9-25-39-45(3,30-31-16-6-4-7-17-31)42-34-20-12-10-18-32(34)33-19-11-13-21-35(33)43(42)47(39)29-27-41(50)51/h4-19,21-25,34H,20,26-30H2,1-3H3,(H-,48,49,50,51)/p+1. The predicted octanol–water partition coefficient (Wildman–Crippen LogP) is 8.83. The van der Waals surface area contributed by atoms with Crippen LogP contribution in [0.2, 0.25) is 0 Å². The monoisotopic (exact) mass is 677 g/mol. The molecule has 0 bridgehead atoms. The molecule has 0 fully saturated rings. The van der Waals surface area contributed by atoms with Crippen LogP contribution in [0.1, 0.15) is 62.3 Å². The van der Waals surface area contributed by atoms with Crippen LogP contribution in [0.15, 0.2) is 139 Å². The molecule has 0 radical (unpaired) electrons. The second kappa shape index (κ2) is 13.7. The van der Waals surface area contributed by atoms with Gasteiger partial charge in [0.15, 0.2) is 12.3 Å². The van der Waals surface area contributed by atoms with Crippen molar-refractivity contribution in [3.05, 3.63) is 161 Å². The number of carbonyl (C=O) groups is 2. The van der Waals surface area contributed by atoms with Crippen LogP contribution in [0, 0.1) is 11.3 Å². The number of nitrogens with zero attached hydrogens (tertiary/aromatic N) is 2. The van der Waals surface area contributed by atoms with Crippen LogP contribution in [0.4, 0.5) is 5.69 Å². The highest BCUT2D eigenvalue weighted by atomic mass is 16.4. The normalized spacial score (nSPS) is 22.4. The van der Waals surface area contributed by atoms with Crippen LogP contribution in [0.25, 0.3) is 11.3 Å². The van der Waals surface area contributed by atoms with Gasteiger partial charge in [-0.1, -0.05) is 117 Å². The van der Waals surface area contributed by atoms with Crippen molar-refractivity contribution in [2.24, 2.45) is 11.3 Å². The van der Waals surface area contributed by atoms with E-state index in [1.165, 1.54) is 27.8 Å². The lowest BCUT2D eigenvalue weighted by molar-refractivity contribution is -0.429. The Morgan fingerprint density at radius 2 is 1.57 bits per heavy atom. The highest BCUT2D eigenvalue weighted by Gasteiger charge is 2.55.